The molecule has 2 aromatic rings. The molecule has 30 heavy (non-hydrogen) atoms. The Labute approximate surface area is 178 Å². The summed E-state index contributed by atoms with van der Waals surface area (Å²) in [5.74, 6) is 0.635. The fourth-order valence-corrected chi connectivity index (χ4v) is 4.84. The number of hydrogen-bond acceptors (Lipinski definition) is 3. The minimum absolute atomic E-state index is 0.00152. The molecule has 158 valence electrons. The number of piperidine rings is 1. The minimum Gasteiger partial charge on any atom is -0.484 e. The van der Waals surface area contributed by atoms with Gasteiger partial charge in [-0.2, -0.15) is 0 Å². The van der Waals surface area contributed by atoms with E-state index < -0.39 is 0 Å². The van der Waals surface area contributed by atoms with E-state index in [0.29, 0.717) is 17.9 Å². The van der Waals surface area contributed by atoms with Crippen LogP contribution in [-0.2, 0) is 11.2 Å². The first-order chi connectivity index (χ1) is 14.5. The Bertz CT molecular complexity index is 928. The van der Waals surface area contributed by atoms with Crippen molar-refractivity contribution in [2.24, 2.45) is 0 Å². The van der Waals surface area contributed by atoms with E-state index in [9.17, 15) is 9.59 Å². The third kappa shape index (κ3) is 3.93. The number of para-hydroxylation sites is 1. The molecule has 2 unspecified atom stereocenters. The number of carbonyl (C=O) groups is 2. The van der Waals surface area contributed by atoms with Gasteiger partial charge < -0.3 is 14.5 Å². The van der Waals surface area contributed by atoms with Crippen LogP contribution in [-0.4, -0.2) is 41.9 Å². The average Bonchev–Trinajstić information content (AvgIpc) is 3.17. The van der Waals surface area contributed by atoms with Gasteiger partial charge >= 0.3 is 0 Å². The zero-order valence-corrected chi connectivity index (χ0v) is 18.1. The van der Waals surface area contributed by atoms with Crippen molar-refractivity contribution in [3.8, 4) is 5.75 Å². The molecule has 0 bridgehead atoms. The van der Waals surface area contributed by atoms with Gasteiger partial charge in [-0.15, -0.1) is 0 Å². The minimum atomic E-state index is 0.00152. The molecule has 2 amide bonds. The molecule has 2 aromatic carbocycles. The van der Waals surface area contributed by atoms with Crippen molar-refractivity contribution in [2.75, 3.05) is 18.1 Å². The zero-order chi connectivity index (χ0) is 21.3. The highest BCUT2D eigenvalue weighted by atomic mass is 16.5. The second kappa shape index (κ2) is 8.50. The first-order valence-electron chi connectivity index (χ1n) is 10.9. The van der Waals surface area contributed by atoms with Gasteiger partial charge in [-0.25, -0.2) is 0 Å². The molecule has 0 saturated carbocycles. The second-order valence-corrected chi connectivity index (χ2v) is 8.53. The van der Waals surface area contributed by atoms with Crippen molar-refractivity contribution in [1.29, 1.82) is 0 Å². The highest BCUT2D eigenvalue weighted by Crippen LogP contribution is 2.32. The van der Waals surface area contributed by atoms with E-state index in [4.69, 9.17) is 4.74 Å². The molecule has 0 N–H and O–H groups in total. The monoisotopic (exact) mass is 406 g/mol. The van der Waals surface area contributed by atoms with Gasteiger partial charge in [-0.05, 0) is 81.8 Å². The van der Waals surface area contributed by atoms with Crippen LogP contribution in [0.3, 0.4) is 0 Å². The average molecular weight is 407 g/mol. The molecule has 4 rings (SSSR count). The second-order valence-electron chi connectivity index (χ2n) is 8.53. The van der Waals surface area contributed by atoms with Crippen LogP contribution >= 0.6 is 0 Å². The lowest BCUT2D eigenvalue weighted by Gasteiger charge is -2.38. The summed E-state index contributed by atoms with van der Waals surface area (Å²) in [5, 5.41) is 0. The number of nitrogens with zero attached hydrogens (tertiary/aromatic N) is 2. The van der Waals surface area contributed by atoms with E-state index in [1.54, 1.807) is 24.3 Å². The van der Waals surface area contributed by atoms with Crippen LogP contribution in [0.4, 0.5) is 5.69 Å². The van der Waals surface area contributed by atoms with Crippen molar-refractivity contribution in [1.82, 2.24) is 4.90 Å². The van der Waals surface area contributed by atoms with Crippen LogP contribution in [0.15, 0.2) is 42.5 Å². The molecule has 2 aliphatic rings. The van der Waals surface area contributed by atoms with E-state index in [-0.39, 0.29) is 30.5 Å². The van der Waals surface area contributed by atoms with Gasteiger partial charge in [0, 0.05) is 24.2 Å². The Balaban J connectivity index is 1.39. The molecule has 2 atom stereocenters. The summed E-state index contributed by atoms with van der Waals surface area (Å²) in [5.41, 5.74) is 4.02. The number of amides is 2. The van der Waals surface area contributed by atoms with E-state index >= 15 is 0 Å². The van der Waals surface area contributed by atoms with E-state index in [1.165, 1.54) is 12.0 Å². The summed E-state index contributed by atoms with van der Waals surface area (Å²) in [4.78, 5) is 29.5. The van der Waals surface area contributed by atoms with Crippen LogP contribution in [0.2, 0.25) is 0 Å². The van der Waals surface area contributed by atoms with Crippen molar-refractivity contribution >= 4 is 17.5 Å². The van der Waals surface area contributed by atoms with Gasteiger partial charge in [-0.1, -0.05) is 18.2 Å². The van der Waals surface area contributed by atoms with Crippen molar-refractivity contribution in [2.45, 2.75) is 58.5 Å². The molecule has 0 spiro atoms. The Kier molecular flexibility index (Phi) is 5.80. The number of anilines is 1. The first-order valence-corrected chi connectivity index (χ1v) is 10.9. The summed E-state index contributed by atoms with van der Waals surface area (Å²) < 4.78 is 5.74. The Morgan fingerprint density at radius 1 is 1.03 bits per heavy atom. The molecule has 0 aromatic heterocycles. The normalized spacial score (nSPS) is 20.8. The lowest BCUT2D eigenvalue weighted by molar-refractivity contribution is -0.139. The van der Waals surface area contributed by atoms with E-state index in [2.05, 4.69) is 19.9 Å². The van der Waals surface area contributed by atoms with Crippen molar-refractivity contribution in [3.63, 3.8) is 0 Å². The molecule has 5 nitrogen and oxygen atoms in total. The topological polar surface area (TPSA) is 49.9 Å². The molecular formula is C25H30N2O3. The third-order valence-corrected chi connectivity index (χ3v) is 6.39. The maximum atomic E-state index is 13.0. The number of fused-ring (bicyclic) bond motifs is 1. The quantitative estimate of drug-likeness (QED) is 0.758. The molecule has 0 aliphatic carbocycles. The van der Waals surface area contributed by atoms with Gasteiger partial charge in [0.25, 0.3) is 11.8 Å². The summed E-state index contributed by atoms with van der Waals surface area (Å²) in [6.07, 6.45) is 4.15. The SMILES string of the molecule is Cc1cccc2c1N(C(=O)c1ccc(OCC(=O)N3C(C)CCCC3C)cc1)CC2. The summed E-state index contributed by atoms with van der Waals surface area (Å²) >= 11 is 0. The number of aryl methyl sites for hydroxylation is 1. The predicted molar refractivity (Wildman–Crippen MR) is 118 cm³/mol. The Morgan fingerprint density at radius 3 is 2.43 bits per heavy atom. The number of ether oxygens (including phenoxy) is 1. The van der Waals surface area contributed by atoms with Crippen molar-refractivity contribution < 1.29 is 14.3 Å². The maximum absolute atomic E-state index is 13.0. The standard InChI is InChI=1S/C25H30N2O3/c1-17-6-4-9-20-14-15-26(24(17)20)25(29)21-10-12-22(13-11-21)30-16-23(28)27-18(2)7-5-8-19(27)3/h4,6,9-13,18-19H,5,7-8,14-16H2,1-3H3. The highest BCUT2D eigenvalue weighted by molar-refractivity contribution is 6.07. The molecule has 1 fully saturated rings. The largest absolute Gasteiger partial charge is 0.484 e. The summed E-state index contributed by atoms with van der Waals surface area (Å²) in [7, 11) is 0. The van der Waals surface area contributed by atoms with Crippen molar-refractivity contribution in [3.05, 3.63) is 59.2 Å². The van der Waals surface area contributed by atoms with Gasteiger partial charge in [0.05, 0.1) is 5.69 Å². The van der Waals surface area contributed by atoms with Gasteiger partial charge in [0.2, 0.25) is 0 Å². The van der Waals surface area contributed by atoms with E-state index in [0.717, 1.165) is 30.5 Å². The molecule has 2 heterocycles. The summed E-state index contributed by atoms with van der Waals surface area (Å²) in [6.45, 7) is 6.99. The fraction of sp³-hybridized carbons (Fsp3) is 0.440. The number of carbonyl (C=O) groups excluding carboxylic acids is 2. The van der Waals surface area contributed by atoms with Crippen LogP contribution < -0.4 is 9.64 Å². The number of likely N-dealkylation sites (tertiary alicyclic amines) is 1. The Morgan fingerprint density at radius 2 is 1.73 bits per heavy atom. The number of benzene rings is 2. The number of rotatable bonds is 4. The maximum Gasteiger partial charge on any atom is 0.260 e. The lowest BCUT2D eigenvalue weighted by Crippen LogP contribution is -2.49. The summed E-state index contributed by atoms with van der Waals surface area (Å²) in [6, 6.07) is 13.8. The fourth-order valence-electron chi connectivity index (χ4n) is 4.84. The smallest absolute Gasteiger partial charge is 0.260 e. The molecular weight excluding hydrogens is 376 g/mol. The van der Waals surface area contributed by atoms with Crippen LogP contribution in [0, 0.1) is 6.92 Å². The van der Waals surface area contributed by atoms with Crippen LogP contribution in [0.1, 0.15) is 54.6 Å². The predicted octanol–water partition coefficient (Wildman–Crippen LogP) is 4.37. The third-order valence-electron chi connectivity index (χ3n) is 6.39. The van der Waals surface area contributed by atoms with Gasteiger partial charge in [0.1, 0.15) is 5.75 Å². The molecule has 0 radical (unpaired) electrons. The Hall–Kier alpha value is -2.82. The first kappa shape index (κ1) is 20.5. The molecule has 2 aliphatic heterocycles. The van der Waals surface area contributed by atoms with Gasteiger partial charge in [0.15, 0.2) is 6.61 Å². The zero-order valence-electron chi connectivity index (χ0n) is 18.1. The lowest BCUT2D eigenvalue weighted by atomic mass is 9.97. The number of hydrogen-bond donors (Lipinski definition) is 0. The highest BCUT2D eigenvalue weighted by Gasteiger charge is 2.29. The van der Waals surface area contributed by atoms with Gasteiger partial charge in [-0.3, -0.25) is 9.59 Å². The molecule has 5 heteroatoms. The van der Waals surface area contributed by atoms with E-state index in [1.807, 2.05) is 28.9 Å². The molecule has 1 saturated heterocycles. The van der Waals surface area contributed by atoms with Crippen LogP contribution in [0.25, 0.3) is 0 Å². The van der Waals surface area contributed by atoms with Crippen LogP contribution in [0.5, 0.6) is 5.75 Å².